The number of phenols is 1. The van der Waals surface area contributed by atoms with Crippen LogP contribution in [0.2, 0.25) is 0 Å². The second-order valence-electron chi connectivity index (χ2n) is 5.40. The Hall–Kier alpha value is -2.95. The Labute approximate surface area is 137 Å². The van der Waals surface area contributed by atoms with E-state index in [0.29, 0.717) is 16.7 Å². The zero-order chi connectivity index (χ0) is 17.3. The summed E-state index contributed by atoms with van der Waals surface area (Å²) < 4.78 is 39.5. The fourth-order valence-electron chi connectivity index (χ4n) is 2.62. The van der Waals surface area contributed by atoms with E-state index in [4.69, 9.17) is 5.73 Å². The minimum atomic E-state index is -4.49. The summed E-state index contributed by atoms with van der Waals surface area (Å²) in [6.45, 7) is 0. The third kappa shape index (κ3) is 3.06. The van der Waals surface area contributed by atoms with Gasteiger partial charge in [0.15, 0.2) is 0 Å². The van der Waals surface area contributed by atoms with Crippen LogP contribution in [-0.2, 0) is 6.18 Å². The van der Waals surface area contributed by atoms with E-state index in [1.807, 2.05) is 6.07 Å². The zero-order valence-electron chi connectivity index (χ0n) is 12.5. The van der Waals surface area contributed by atoms with Crippen molar-refractivity contribution in [3.05, 3.63) is 72.3 Å². The smallest absolute Gasteiger partial charge is 0.416 e. The van der Waals surface area contributed by atoms with E-state index < -0.39 is 11.7 Å². The lowest BCUT2D eigenvalue weighted by Crippen LogP contribution is -2.07. The standard InChI is InChI=1S/C19H14F3NO/c20-19(21,22)14-10-16(12-6-8-15(24)9-7-12)18(17(23)11-14)13-4-2-1-3-5-13/h1-11,24H,23H2. The summed E-state index contributed by atoms with van der Waals surface area (Å²) in [5.74, 6) is 0.0416. The summed E-state index contributed by atoms with van der Waals surface area (Å²) >= 11 is 0. The molecule has 24 heavy (non-hydrogen) atoms. The highest BCUT2D eigenvalue weighted by Crippen LogP contribution is 2.41. The van der Waals surface area contributed by atoms with Crippen LogP contribution < -0.4 is 5.73 Å². The fourth-order valence-corrected chi connectivity index (χ4v) is 2.62. The highest BCUT2D eigenvalue weighted by Gasteiger charge is 2.32. The quantitative estimate of drug-likeness (QED) is 0.624. The summed E-state index contributed by atoms with van der Waals surface area (Å²) in [5, 5.41) is 9.42. The number of hydrogen-bond acceptors (Lipinski definition) is 2. The Balaban J connectivity index is 2.30. The van der Waals surface area contributed by atoms with E-state index >= 15 is 0 Å². The lowest BCUT2D eigenvalue weighted by atomic mass is 9.91. The first-order valence-corrected chi connectivity index (χ1v) is 7.22. The van der Waals surface area contributed by atoms with Gasteiger partial charge in [-0.1, -0.05) is 42.5 Å². The lowest BCUT2D eigenvalue weighted by Gasteiger charge is -2.17. The van der Waals surface area contributed by atoms with E-state index in [-0.39, 0.29) is 11.4 Å². The molecule has 3 aromatic carbocycles. The Kier molecular flexibility index (Phi) is 3.93. The summed E-state index contributed by atoms with van der Waals surface area (Å²) in [6.07, 6.45) is -4.49. The third-order valence-electron chi connectivity index (χ3n) is 3.74. The molecule has 0 aliphatic carbocycles. The van der Waals surface area contributed by atoms with Gasteiger partial charge >= 0.3 is 6.18 Å². The summed E-state index contributed by atoms with van der Waals surface area (Å²) in [6, 6.07) is 17.0. The molecule has 0 amide bonds. The number of phenolic OH excluding ortho intramolecular Hbond substituents is 1. The van der Waals surface area contributed by atoms with Gasteiger partial charge in [-0.25, -0.2) is 0 Å². The molecular weight excluding hydrogens is 315 g/mol. The monoisotopic (exact) mass is 329 g/mol. The number of alkyl halides is 3. The molecule has 0 aromatic heterocycles. The summed E-state index contributed by atoms with van der Waals surface area (Å²) in [7, 11) is 0. The van der Waals surface area contributed by atoms with Crippen molar-refractivity contribution in [2.75, 3.05) is 5.73 Å². The molecular formula is C19H14F3NO. The molecule has 3 N–H and O–H groups in total. The minimum absolute atomic E-state index is 0.0416. The highest BCUT2D eigenvalue weighted by atomic mass is 19.4. The number of hydrogen-bond donors (Lipinski definition) is 2. The van der Waals surface area contributed by atoms with E-state index in [1.54, 1.807) is 36.4 Å². The number of anilines is 1. The van der Waals surface area contributed by atoms with Crippen molar-refractivity contribution in [2.45, 2.75) is 6.18 Å². The minimum Gasteiger partial charge on any atom is -0.508 e. The number of rotatable bonds is 2. The van der Waals surface area contributed by atoms with Crippen LogP contribution in [0.25, 0.3) is 22.3 Å². The van der Waals surface area contributed by atoms with Crippen LogP contribution in [0.5, 0.6) is 5.75 Å². The molecule has 3 rings (SSSR count). The first-order valence-electron chi connectivity index (χ1n) is 7.22. The molecule has 0 spiro atoms. The summed E-state index contributed by atoms with van der Waals surface area (Å²) in [5.41, 5.74) is 7.40. The number of halogens is 3. The molecule has 0 saturated carbocycles. The largest absolute Gasteiger partial charge is 0.508 e. The molecule has 0 bridgehead atoms. The molecule has 3 aromatic rings. The zero-order valence-corrected chi connectivity index (χ0v) is 12.5. The molecule has 0 aliphatic heterocycles. The molecule has 0 atom stereocenters. The van der Waals surface area contributed by atoms with Crippen molar-refractivity contribution in [1.29, 1.82) is 0 Å². The first kappa shape index (κ1) is 15.9. The van der Waals surface area contributed by atoms with Crippen LogP contribution in [0.1, 0.15) is 5.56 Å². The predicted molar refractivity (Wildman–Crippen MR) is 88.4 cm³/mol. The lowest BCUT2D eigenvalue weighted by molar-refractivity contribution is -0.137. The van der Waals surface area contributed by atoms with Gasteiger partial charge in [-0.15, -0.1) is 0 Å². The highest BCUT2D eigenvalue weighted by molar-refractivity contribution is 5.91. The van der Waals surface area contributed by atoms with Gasteiger partial charge in [0.2, 0.25) is 0 Å². The number of nitrogen functional groups attached to an aromatic ring is 1. The van der Waals surface area contributed by atoms with Crippen LogP contribution in [0, 0.1) is 0 Å². The summed E-state index contributed by atoms with van der Waals surface area (Å²) in [4.78, 5) is 0. The van der Waals surface area contributed by atoms with Gasteiger partial charge < -0.3 is 10.8 Å². The molecule has 0 aliphatic rings. The van der Waals surface area contributed by atoms with Crippen molar-refractivity contribution >= 4 is 5.69 Å². The van der Waals surface area contributed by atoms with Crippen LogP contribution in [0.4, 0.5) is 18.9 Å². The van der Waals surface area contributed by atoms with Crippen LogP contribution in [-0.4, -0.2) is 5.11 Å². The predicted octanol–water partition coefficient (Wildman–Crippen LogP) is 5.33. The number of benzene rings is 3. The van der Waals surface area contributed by atoms with E-state index in [1.165, 1.54) is 12.1 Å². The van der Waals surface area contributed by atoms with Crippen molar-refractivity contribution in [3.63, 3.8) is 0 Å². The molecule has 0 radical (unpaired) electrons. The molecule has 0 heterocycles. The van der Waals surface area contributed by atoms with Gasteiger partial charge in [0.05, 0.1) is 5.56 Å². The van der Waals surface area contributed by atoms with Crippen molar-refractivity contribution in [1.82, 2.24) is 0 Å². The van der Waals surface area contributed by atoms with Gasteiger partial charge in [-0.3, -0.25) is 0 Å². The van der Waals surface area contributed by atoms with Gasteiger partial charge in [0.25, 0.3) is 0 Å². The van der Waals surface area contributed by atoms with E-state index in [0.717, 1.165) is 17.7 Å². The SMILES string of the molecule is Nc1cc(C(F)(F)F)cc(-c2ccc(O)cc2)c1-c1ccccc1. The van der Waals surface area contributed by atoms with Gasteiger partial charge in [0.1, 0.15) is 5.75 Å². The third-order valence-corrected chi connectivity index (χ3v) is 3.74. The molecule has 0 unspecified atom stereocenters. The topological polar surface area (TPSA) is 46.2 Å². The average molecular weight is 329 g/mol. The van der Waals surface area contributed by atoms with Crippen molar-refractivity contribution in [3.8, 4) is 28.0 Å². The molecule has 122 valence electrons. The molecule has 5 heteroatoms. The van der Waals surface area contributed by atoms with Gasteiger partial charge in [-0.05, 0) is 41.0 Å². The Bertz CT molecular complexity index is 856. The average Bonchev–Trinajstić information content (AvgIpc) is 2.55. The maximum atomic E-state index is 13.2. The molecule has 0 saturated heterocycles. The number of nitrogens with two attached hydrogens (primary N) is 1. The Morgan fingerprint density at radius 2 is 1.42 bits per heavy atom. The Morgan fingerprint density at radius 1 is 0.792 bits per heavy atom. The van der Waals surface area contributed by atoms with Crippen LogP contribution in [0.15, 0.2) is 66.7 Å². The molecule has 0 fully saturated rings. The van der Waals surface area contributed by atoms with Crippen LogP contribution >= 0.6 is 0 Å². The van der Waals surface area contributed by atoms with Gasteiger partial charge in [0, 0.05) is 11.3 Å². The van der Waals surface area contributed by atoms with Crippen LogP contribution in [0.3, 0.4) is 0 Å². The second-order valence-corrected chi connectivity index (χ2v) is 5.40. The van der Waals surface area contributed by atoms with E-state index in [2.05, 4.69) is 0 Å². The van der Waals surface area contributed by atoms with Gasteiger partial charge in [-0.2, -0.15) is 13.2 Å². The Morgan fingerprint density at radius 3 is 2.00 bits per heavy atom. The fraction of sp³-hybridized carbons (Fsp3) is 0.0526. The maximum Gasteiger partial charge on any atom is 0.416 e. The van der Waals surface area contributed by atoms with Crippen molar-refractivity contribution < 1.29 is 18.3 Å². The van der Waals surface area contributed by atoms with E-state index in [9.17, 15) is 18.3 Å². The van der Waals surface area contributed by atoms with Crippen molar-refractivity contribution in [2.24, 2.45) is 0 Å². The maximum absolute atomic E-state index is 13.2. The first-order chi connectivity index (χ1) is 11.4. The molecule has 2 nitrogen and oxygen atoms in total. The number of aromatic hydroxyl groups is 1. The normalized spacial score (nSPS) is 11.5. The second kappa shape index (κ2) is 5.92.